The third-order valence-electron chi connectivity index (χ3n) is 6.70. The highest BCUT2D eigenvalue weighted by atomic mass is 35.5. The second-order valence-corrected chi connectivity index (χ2v) is 11.6. The van der Waals surface area contributed by atoms with Crippen molar-refractivity contribution >= 4 is 58.5 Å². The first kappa shape index (κ1) is 32.2. The molecule has 1 aromatic heterocycles. The van der Waals surface area contributed by atoms with E-state index in [1.807, 2.05) is 37.3 Å². The third kappa shape index (κ3) is 8.68. The number of amides is 3. The second-order valence-electron chi connectivity index (χ2n) is 10.1. The molecular weight excluding hydrogens is 622 g/mol. The smallest absolute Gasteiger partial charge is 0.272 e. The van der Waals surface area contributed by atoms with Crippen LogP contribution in [0.15, 0.2) is 124 Å². The molecule has 0 saturated heterocycles. The van der Waals surface area contributed by atoms with Crippen molar-refractivity contribution in [3.63, 3.8) is 0 Å². The van der Waals surface area contributed by atoms with Gasteiger partial charge in [0.2, 0.25) is 5.91 Å². The van der Waals surface area contributed by atoms with Crippen molar-refractivity contribution in [3.05, 3.63) is 137 Å². The number of hydrogen-bond donors (Lipinski definition) is 3. The van der Waals surface area contributed by atoms with Crippen molar-refractivity contribution < 1.29 is 23.5 Å². The Balaban J connectivity index is 1.26. The molecule has 0 saturated carbocycles. The zero-order valence-corrected chi connectivity index (χ0v) is 26.6. The van der Waals surface area contributed by atoms with Crippen molar-refractivity contribution in [2.45, 2.75) is 11.8 Å². The SMILES string of the molecule is COc1ccc(Cl)cc1NC(=O)CSc1ccc(NC(=O)/C(=C/c2ccc(-c3ccc(C)cc3)o2)NC(=O)c2ccccc2)cc1. The zero-order chi connectivity index (χ0) is 32.5. The lowest BCUT2D eigenvalue weighted by Gasteiger charge is -2.12. The predicted molar refractivity (Wildman–Crippen MR) is 183 cm³/mol. The van der Waals surface area contributed by atoms with Crippen LogP contribution in [0, 0.1) is 6.92 Å². The van der Waals surface area contributed by atoms with Gasteiger partial charge in [-0.3, -0.25) is 14.4 Å². The standard InChI is InChI=1S/C36H30ClN3O5S/c1-23-8-10-24(11-9-23)32-19-15-28(45-32)21-31(40-35(42)25-6-4-3-5-7-25)36(43)38-27-13-16-29(17-14-27)46-22-34(41)39-30-20-26(37)12-18-33(30)44-2/h3-21H,22H2,1-2H3,(H,38,43)(H,39,41)(H,40,42)/b31-21-. The number of furan rings is 1. The van der Waals surface area contributed by atoms with Crippen LogP contribution in [0.25, 0.3) is 17.4 Å². The van der Waals surface area contributed by atoms with Gasteiger partial charge in [-0.15, -0.1) is 11.8 Å². The molecule has 8 nitrogen and oxygen atoms in total. The molecule has 0 aliphatic rings. The molecule has 0 unspecified atom stereocenters. The van der Waals surface area contributed by atoms with E-state index in [1.54, 1.807) is 78.9 Å². The quantitative estimate of drug-likeness (QED) is 0.0985. The molecule has 10 heteroatoms. The van der Waals surface area contributed by atoms with E-state index in [4.69, 9.17) is 20.8 Å². The van der Waals surface area contributed by atoms with Gasteiger partial charge >= 0.3 is 0 Å². The molecule has 46 heavy (non-hydrogen) atoms. The molecule has 0 atom stereocenters. The van der Waals surface area contributed by atoms with Gasteiger partial charge in [-0.05, 0) is 73.7 Å². The van der Waals surface area contributed by atoms with Gasteiger partial charge < -0.3 is 25.1 Å². The van der Waals surface area contributed by atoms with Crippen molar-refractivity contribution in [3.8, 4) is 17.1 Å². The number of ether oxygens (including phenoxy) is 1. The summed E-state index contributed by atoms with van der Waals surface area (Å²) < 4.78 is 11.3. The van der Waals surface area contributed by atoms with E-state index in [0.29, 0.717) is 39.2 Å². The van der Waals surface area contributed by atoms with Crippen LogP contribution in [0.3, 0.4) is 0 Å². The highest BCUT2D eigenvalue weighted by Crippen LogP contribution is 2.29. The summed E-state index contributed by atoms with van der Waals surface area (Å²) in [6.45, 7) is 2.01. The number of benzene rings is 4. The molecule has 3 amide bonds. The maximum Gasteiger partial charge on any atom is 0.272 e. The van der Waals surface area contributed by atoms with Gasteiger partial charge in [0.15, 0.2) is 0 Å². The molecule has 5 aromatic rings. The predicted octanol–water partition coefficient (Wildman–Crippen LogP) is 8.06. The average molecular weight is 652 g/mol. The normalized spacial score (nSPS) is 11.1. The van der Waals surface area contributed by atoms with Crippen LogP contribution in [0.1, 0.15) is 21.7 Å². The molecular formula is C36H30ClN3O5S. The van der Waals surface area contributed by atoms with E-state index in [0.717, 1.165) is 16.0 Å². The molecule has 0 aliphatic carbocycles. The number of rotatable bonds is 11. The Hall–Kier alpha value is -5.25. The maximum atomic E-state index is 13.4. The molecule has 3 N–H and O–H groups in total. The Bertz CT molecular complexity index is 1870. The lowest BCUT2D eigenvalue weighted by molar-refractivity contribution is -0.114. The van der Waals surface area contributed by atoms with Gasteiger partial charge in [-0.1, -0.05) is 59.6 Å². The van der Waals surface area contributed by atoms with Crippen molar-refractivity contribution in [1.29, 1.82) is 0 Å². The first-order valence-electron chi connectivity index (χ1n) is 14.2. The van der Waals surface area contributed by atoms with E-state index in [1.165, 1.54) is 24.9 Å². The number of carbonyl (C=O) groups is 3. The van der Waals surface area contributed by atoms with Crippen LogP contribution in [0.2, 0.25) is 5.02 Å². The van der Waals surface area contributed by atoms with E-state index in [-0.39, 0.29) is 17.4 Å². The summed E-state index contributed by atoms with van der Waals surface area (Å²) in [6.07, 6.45) is 1.49. The van der Waals surface area contributed by atoms with Gasteiger partial charge in [-0.2, -0.15) is 0 Å². The zero-order valence-electron chi connectivity index (χ0n) is 25.0. The molecule has 4 aromatic carbocycles. The fourth-order valence-electron chi connectivity index (χ4n) is 4.33. The Morgan fingerprint density at radius 2 is 1.61 bits per heavy atom. The minimum atomic E-state index is -0.534. The highest BCUT2D eigenvalue weighted by Gasteiger charge is 2.17. The summed E-state index contributed by atoms with van der Waals surface area (Å²) in [5.41, 5.74) is 3.42. The van der Waals surface area contributed by atoms with Gasteiger partial charge in [0, 0.05) is 32.8 Å². The molecule has 1 heterocycles. The molecule has 0 bridgehead atoms. The number of hydrogen-bond acceptors (Lipinski definition) is 6. The van der Waals surface area contributed by atoms with Crippen molar-refractivity contribution in [2.75, 3.05) is 23.5 Å². The summed E-state index contributed by atoms with van der Waals surface area (Å²) in [5.74, 6) is 0.488. The van der Waals surface area contributed by atoms with E-state index < -0.39 is 11.8 Å². The minimum Gasteiger partial charge on any atom is -0.495 e. The van der Waals surface area contributed by atoms with Crippen molar-refractivity contribution in [2.24, 2.45) is 0 Å². The van der Waals surface area contributed by atoms with Crippen LogP contribution in [-0.2, 0) is 9.59 Å². The lowest BCUT2D eigenvalue weighted by atomic mass is 10.1. The number of halogens is 1. The summed E-state index contributed by atoms with van der Waals surface area (Å²) in [5, 5.41) is 8.84. The molecule has 5 rings (SSSR count). The summed E-state index contributed by atoms with van der Waals surface area (Å²) in [7, 11) is 1.52. The second kappa shape index (κ2) is 15.2. The molecule has 0 spiro atoms. The van der Waals surface area contributed by atoms with Crippen LogP contribution in [0.4, 0.5) is 11.4 Å². The fraction of sp³-hybridized carbons (Fsp3) is 0.0833. The van der Waals surface area contributed by atoms with E-state index in [9.17, 15) is 14.4 Å². The number of aryl methyl sites for hydroxylation is 1. The monoisotopic (exact) mass is 651 g/mol. The molecule has 232 valence electrons. The Labute approximate surface area is 275 Å². The number of anilines is 2. The molecule has 0 aliphatic heterocycles. The minimum absolute atomic E-state index is 0.00484. The fourth-order valence-corrected chi connectivity index (χ4v) is 5.20. The van der Waals surface area contributed by atoms with Gasteiger partial charge in [0.05, 0.1) is 18.6 Å². The Kier molecular flexibility index (Phi) is 10.6. The van der Waals surface area contributed by atoms with Gasteiger partial charge in [0.25, 0.3) is 11.8 Å². The van der Waals surface area contributed by atoms with Gasteiger partial charge in [-0.25, -0.2) is 0 Å². The summed E-state index contributed by atoms with van der Waals surface area (Å²) in [6, 6.07) is 32.1. The number of carbonyl (C=O) groups excluding carboxylic acids is 3. The van der Waals surface area contributed by atoms with Crippen molar-refractivity contribution in [1.82, 2.24) is 5.32 Å². The number of methoxy groups -OCH3 is 1. The summed E-state index contributed by atoms with van der Waals surface area (Å²) >= 11 is 7.38. The van der Waals surface area contributed by atoms with E-state index in [2.05, 4.69) is 16.0 Å². The first-order valence-corrected chi connectivity index (χ1v) is 15.6. The van der Waals surface area contributed by atoms with Crippen LogP contribution in [-0.4, -0.2) is 30.6 Å². The largest absolute Gasteiger partial charge is 0.495 e. The number of nitrogens with one attached hydrogen (secondary N) is 3. The number of thioether (sulfide) groups is 1. The highest BCUT2D eigenvalue weighted by molar-refractivity contribution is 8.00. The Morgan fingerprint density at radius 3 is 2.33 bits per heavy atom. The molecule has 0 radical (unpaired) electrons. The lowest BCUT2D eigenvalue weighted by Crippen LogP contribution is -2.30. The Morgan fingerprint density at radius 1 is 0.870 bits per heavy atom. The molecule has 0 fully saturated rings. The summed E-state index contributed by atoms with van der Waals surface area (Å²) in [4.78, 5) is 39.8. The van der Waals surface area contributed by atoms with Crippen LogP contribution in [0.5, 0.6) is 5.75 Å². The topological polar surface area (TPSA) is 110 Å². The average Bonchev–Trinajstić information content (AvgIpc) is 3.53. The first-order chi connectivity index (χ1) is 22.3. The van der Waals surface area contributed by atoms with E-state index >= 15 is 0 Å². The third-order valence-corrected chi connectivity index (χ3v) is 7.94. The van der Waals surface area contributed by atoms with Crippen LogP contribution < -0.4 is 20.7 Å². The van der Waals surface area contributed by atoms with Gasteiger partial charge in [0.1, 0.15) is 23.0 Å². The van der Waals surface area contributed by atoms with Crippen LogP contribution >= 0.6 is 23.4 Å². The maximum absolute atomic E-state index is 13.4.